The number of aromatic hydroxyl groups is 2. The number of hydrogen-bond donors (Lipinski definition) is 4. The van der Waals surface area contributed by atoms with Crippen LogP contribution in [0, 0.1) is 12.3 Å². The minimum Gasteiger partial charge on any atom is -0.507 e. The zero-order valence-electron chi connectivity index (χ0n) is 16.2. The number of benzene rings is 1. The lowest BCUT2D eigenvalue weighted by Crippen LogP contribution is -2.09. The van der Waals surface area contributed by atoms with Gasteiger partial charge in [-0.3, -0.25) is 0 Å². The van der Waals surface area contributed by atoms with Gasteiger partial charge in [-0.25, -0.2) is 4.79 Å². The summed E-state index contributed by atoms with van der Waals surface area (Å²) in [5, 5.41) is 38.1. The van der Waals surface area contributed by atoms with Crippen LogP contribution in [-0.4, -0.2) is 33.0 Å². The van der Waals surface area contributed by atoms with E-state index in [-0.39, 0.29) is 29.6 Å². The molecule has 0 saturated carbocycles. The first-order chi connectivity index (χ1) is 12.9. The third-order valence-electron chi connectivity index (χ3n) is 4.70. The molecule has 1 atom stereocenters. The Morgan fingerprint density at radius 1 is 1.33 bits per heavy atom. The van der Waals surface area contributed by atoms with Crippen molar-refractivity contribution in [3.05, 3.63) is 34.4 Å². The van der Waals surface area contributed by atoms with Crippen LogP contribution in [0.25, 0.3) is 0 Å². The van der Waals surface area contributed by atoms with Gasteiger partial charge in [0.1, 0.15) is 23.7 Å². The molecule has 0 saturated heterocycles. The van der Waals surface area contributed by atoms with Crippen molar-refractivity contribution in [3.8, 4) is 23.8 Å². The average molecular weight is 374 g/mol. The lowest BCUT2D eigenvalue weighted by atomic mass is 9.83. The first-order valence-corrected chi connectivity index (χ1v) is 9.39. The molecule has 5 nitrogen and oxygen atoms in total. The maximum Gasteiger partial charge on any atom is 0.339 e. The van der Waals surface area contributed by atoms with Crippen molar-refractivity contribution >= 4 is 5.97 Å². The second-order valence-electron chi connectivity index (χ2n) is 6.83. The molecule has 2 rings (SSSR count). The van der Waals surface area contributed by atoms with E-state index in [9.17, 15) is 20.1 Å². The Hall–Kier alpha value is -2.45. The molecule has 1 aromatic rings. The second kappa shape index (κ2) is 11.3. The van der Waals surface area contributed by atoms with Crippen LogP contribution in [0.5, 0.6) is 11.5 Å². The highest BCUT2D eigenvalue weighted by Crippen LogP contribution is 2.43. The van der Waals surface area contributed by atoms with Crippen LogP contribution in [0.4, 0.5) is 0 Å². The van der Waals surface area contributed by atoms with Gasteiger partial charge >= 0.3 is 5.97 Å². The number of rotatable bonds is 6. The highest BCUT2D eigenvalue weighted by atomic mass is 16.4. The smallest absolute Gasteiger partial charge is 0.339 e. The monoisotopic (exact) mass is 374 g/mol. The first-order valence-electron chi connectivity index (χ1n) is 9.39. The fraction of sp³-hybridized carbons (Fsp3) is 0.500. The molecular weight excluding hydrogens is 344 g/mol. The standard InChI is InChI=1S/C19H26O4.C3H4O/c1-3-4-5-8-14-11-15(20)16(18(21)17(14)19(22)23)13-9-6-7-12(2)10-13;1-2-3-4/h10-11,13,20-21H,3-9H2,1-2H3,(H,22,23);1,4H,3H2/t13-;/m1./s1. The number of aliphatic hydroxyl groups is 1. The number of carboxylic acids is 1. The summed E-state index contributed by atoms with van der Waals surface area (Å²) < 4.78 is 0. The summed E-state index contributed by atoms with van der Waals surface area (Å²) in [5.74, 6) is 0.480. The van der Waals surface area contributed by atoms with Crippen molar-refractivity contribution in [2.24, 2.45) is 0 Å². The number of hydrogen-bond acceptors (Lipinski definition) is 4. The number of allylic oxidation sites excluding steroid dienone is 2. The van der Waals surface area contributed by atoms with Gasteiger partial charge < -0.3 is 20.4 Å². The highest BCUT2D eigenvalue weighted by molar-refractivity contribution is 5.94. The van der Waals surface area contributed by atoms with Gasteiger partial charge in [-0.2, -0.15) is 0 Å². The molecule has 0 aliphatic heterocycles. The fourth-order valence-corrected chi connectivity index (χ4v) is 3.43. The van der Waals surface area contributed by atoms with Gasteiger partial charge in [0.15, 0.2) is 0 Å². The van der Waals surface area contributed by atoms with Crippen molar-refractivity contribution in [2.45, 2.75) is 64.7 Å². The van der Waals surface area contributed by atoms with E-state index in [1.165, 1.54) is 11.6 Å². The van der Waals surface area contributed by atoms with E-state index in [0.29, 0.717) is 17.5 Å². The molecule has 4 N–H and O–H groups in total. The van der Waals surface area contributed by atoms with Crippen LogP contribution in [0.2, 0.25) is 0 Å². The Balaban J connectivity index is 0.000000828. The predicted molar refractivity (Wildman–Crippen MR) is 106 cm³/mol. The molecule has 0 heterocycles. The molecule has 0 unspecified atom stereocenters. The number of phenolic OH excluding ortho intramolecular Hbond substituents is 1. The number of aromatic carboxylic acids is 1. The number of phenols is 2. The second-order valence-corrected chi connectivity index (χ2v) is 6.83. The zero-order chi connectivity index (χ0) is 20.4. The number of carboxylic acid groups (broad SMARTS) is 1. The maximum absolute atomic E-state index is 11.6. The van der Waals surface area contributed by atoms with E-state index < -0.39 is 5.97 Å². The molecular formula is C22H30O5. The molecule has 0 fully saturated rings. The third kappa shape index (κ3) is 6.33. The van der Waals surface area contributed by atoms with E-state index in [2.05, 4.69) is 13.3 Å². The van der Waals surface area contributed by atoms with Crippen molar-refractivity contribution in [1.29, 1.82) is 0 Å². The SMILES string of the molecule is C#CCO.CCCCCc1cc(O)c([C@H]2C=C(C)CCC2)c(O)c1C(=O)O. The van der Waals surface area contributed by atoms with Crippen molar-refractivity contribution in [2.75, 3.05) is 6.61 Å². The van der Waals surface area contributed by atoms with Gasteiger partial charge in [0, 0.05) is 11.5 Å². The lowest BCUT2D eigenvalue weighted by Gasteiger charge is -2.23. The summed E-state index contributed by atoms with van der Waals surface area (Å²) in [6, 6.07) is 1.53. The molecule has 0 aromatic heterocycles. The van der Waals surface area contributed by atoms with Gasteiger partial charge in [-0.15, -0.1) is 6.42 Å². The molecule has 0 amide bonds. The van der Waals surface area contributed by atoms with Crippen LogP contribution >= 0.6 is 0 Å². The molecule has 1 aliphatic rings. The largest absolute Gasteiger partial charge is 0.507 e. The van der Waals surface area contributed by atoms with Gasteiger partial charge in [0.2, 0.25) is 0 Å². The molecule has 0 spiro atoms. The Kier molecular flexibility index (Phi) is 9.46. The van der Waals surface area contributed by atoms with Crippen LogP contribution in [0.15, 0.2) is 17.7 Å². The number of aryl methyl sites for hydroxylation is 1. The topological polar surface area (TPSA) is 98.0 Å². The van der Waals surface area contributed by atoms with Crippen LogP contribution in [0.3, 0.4) is 0 Å². The van der Waals surface area contributed by atoms with E-state index in [0.717, 1.165) is 38.5 Å². The van der Waals surface area contributed by atoms with Crippen LogP contribution in [0.1, 0.15) is 79.8 Å². The molecule has 148 valence electrons. The highest BCUT2D eigenvalue weighted by Gasteiger charge is 2.27. The normalized spacial score (nSPS) is 15.9. The van der Waals surface area contributed by atoms with E-state index in [1.54, 1.807) is 0 Å². The van der Waals surface area contributed by atoms with Crippen molar-refractivity contribution in [3.63, 3.8) is 0 Å². The summed E-state index contributed by atoms with van der Waals surface area (Å²) in [6.07, 6.45) is 12.8. The minimum atomic E-state index is -1.13. The van der Waals surface area contributed by atoms with Gasteiger partial charge in [0.25, 0.3) is 0 Å². The molecule has 0 bridgehead atoms. The quantitative estimate of drug-likeness (QED) is 0.337. The lowest BCUT2D eigenvalue weighted by molar-refractivity contribution is 0.0692. The van der Waals surface area contributed by atoms with Gasteiger partial charge in [0.05, 0.1) is 0 Å². The fourth-order valence-electron chi connectivity index (χ4n) is 3.43. The summed E-state index contributed by atoms with van der Waals surface area (Å²) in [6.45, 7) is 3.95. The van der Waals surface area contributed by atoms with Gasteiger partial charge in [-0.1, -0.05) is 37.3 Å². The zero-order valence-corrected chi connectivity index (χ0v) is 16.2. The predicted octanol–water partition coefficient (Wildman–Crippen LogP) is 4.35. The van der Waals surface area contributed by atoms with E-state index in [1.807, 2.05) is 18.9 Å². The number of aliphatic hydroxyl groups excluding tert-OH is 1. The van der Waals surface area contributed by atoms with E-state index in [4.69, 9.17) is 5.11 Å². The Morgan fingerprint density at radius 2 is 2.00 bits per heavy atom. The average Bonchev–Trinajstić information content (AvgIpc) is 2.61. The molecule has 1 aliphatic carbocycles. The number of terminal acetylenes is 1. The molecule has 1 aromatic carbocycles. The van der Waals surface area contributed by atoms with Crippen molar-refractivity contribution < 1.29 is 25.2 Å². The molecule has 5 heteroatoms. The minimum absolute atomic E-state index is 0.00921. The summed E-state index contributed by atoms with van der Waals surface area (Å²) in [5.41, 5.74) is 2.04. The maximum atomic E-state index is 11.6. The third-order valence-corrected chi connectivity index (χ3v) is 4.70. The number of carbonyl (C=O) groups is 1. The summed E-state index contributed by atoms with van der Waals surface area (Å²) in [4.78, 5) is 11.6. The van der Waals surface area contributed by atoms with E-state index >= 15 is 0 Å². The Labute approximate surface area is 161 Å². The first kappa shape index (κ1) is 22.6. The molecule has 27 heavy (non-hydrogen) atoms. The van der Waals surface area contributed by atoms with Crippen LogP contribution < -0.4 is 0 Å². The number of unbranched alkanes of at least 4 members (excludes halogenated alkanes) is 2. The summed E-state index contributed by atoms with van der Waals surface area (Å²) in [7, 11) is 0. The summed E-state index contributed by atoms with van der Waals surface area (Å²) >= 11 is 0. The Bertz CT molecular complexity index is 712. The Morgan fingerprint density at radius 3 is 2.52 bits per heavy atom. The van der Waals surface area contributed by atoms with Gasteiger partial charge in [-0.05, 0) is 50.7 Å². The molecule has 0 radical (unpaired) electrons. The van der Waals surface area contributed by atoms with Crippen LogP contribution in [-0.2, 0) is 6.42 Å². The van der Waals surface area contributed by atoms with Crippen molar-refractivity contribution in [1.82, 2.24) is 0 Å².